The van der Waals surface area contributed by atoms with E-state index in [2.05, 4.69) is 10.5 Å². The first-order chi connectivity index (χ1) is 14.0. The molecule has 0 bridgehead atoms. The lowest BCUT2D eigenvalue weighted by Crippen LogP contribution is -2.14. The molecule has 0 unspecified atom stereocenters. The van der Waals surface area contributed by atoms with Crippen molar-refractivity contribution in [1.82, 2.24) is 9.72 Å². The lowest BCUT2D eigenvalue weighted by atomic mass is 10.1. The van der Waals surface area contributed by atoms with Gasteiger partial charge in [0.05, 0.1) is 6.54 Å². The minimum atomic E-state index is -0.541. The van der Waals surface area contributed by atoms with Gasteiger partial charge >= 0.3 is 0 Å². The Labute approximate surface area is 169 Å². The fourth-order valence-corrected chi connectivity index (χ4v) is 2.78. The molecule has 2 aromatic heterocycles. The van der Waals surface area contributed by atoms with Crippen molar-refractivity contribution in [1.29, 1.82) is 5.26 Å². The van der Waals surface area contributed by atoms with Crippen molar-refractivity contribution in [3.05, 3.63) is 70.7 Å². The molecule has 2 heterocycles. The third kappa shape index (κ3) is 5.14. The monoisotopic (exact) mass is 390 g/mol. The van der Waals surface area contributed by atoms with Crippen LogP contribution in [0.5, 0.6) is 5.75 Å². The van der Waals surface area contributed by atoms with E-state index in [1.165, 1.54) is 0 Å². The number of hydrogen-bond donors (Lipinski definition) is 1. The Morgan fingerprint density at radius 1 is 1.31 bits per heavy atom. The molecule has 148 valence electrons. The van der Waals surface area contributed by atoms with Crippen molar-refractivity contribution >= 4 is 17.8 Å². The maximum atomic E-state index is 12.3. The van der Waals surface area contributed by atoms with Gasteiger partial charge in [0.25, 0.3) is 5.91 Å². The molecule has 7 heteroatoms. The predicted molar refractivity (Wildman–Crippen MR) is 109 cm³/mol. The zero-order valence-electron chi connectivity index (χ0n) is 16.6. The van der Waals surface area contributed by atoms with Crippen LogP contribution in [0.25, 0.3) is 6.08 Å². The minimum absolute atomic E-state index is 0.0268. The number of amides is 1. The summed E-state index contributed by atoms with van der Waals surface area (Å²) in [6.45, 7) is 6.79. The quantitative estimate of drug-likeness (QED) is 0.486. The van der Waals surface area contributed by atoms with Crippen LogP contribution in [0.2, 0.25) is 0 Å². The van der Waals surface area contributed by atoms with Gasteiger partial charge in [-0.15, -0.1) is 0 Å². The summed E-state index contributed by atoms with van der Waals surface area (Å²) in [6.07, 6.45) is 3.42. The predicted octanol–water partition coefficient (Wildman–Crippen LogP) is 4.03. The fraction of sp³-hybridized carbons (Fsp3) is 0.227. The molecule has 0 spiro atoms. The van der Waals surface area contributed by atoms with Gasteiger partial charge in [-0.2, -0.15) is 5.26 Å². The number of ether oxygens (including phenoxy) is 1. The molecule has 0 atom stereocenters. The van der Waals surface area contributed by atoms with Gasteiger partial charge in [-0.3, -0.25) is 4.79 Å². The molecule has 1 amide bonds. The van der Waals surface area contributed by atoms with E-state index in [0.717, 1.165) is 22.6 Å². The maximum Gasteiger partial charge on any atom is 0.267 e. The van der Waals surface area contributed by atoms with E-state index in [1.807, 2.05) is 61.0 Å². The number of nitriles is 1. The highest BCUT2D eigenvalue weighted by Gasteiger charge is 2.13. The Kier molecular flexibility index (Phi) is 6.15. The first-order valence-corrected chi connectivity index (χ1v) is 9.18. The van der Waals surface area contributed by atoms with E-state index in [-0.39, 0.29) is 11.4 Å². The van der Waals surface area contributed by atoms with Crippen LogP contribution >= 0.6 is 0 Å². The second kappa shape index (κ2) is 8.93. The molecule has 0 aliphatic rings. The average Bonchev–Trinajstić information content (AvgIpc) is 3.31. The van der Waals surface area contributed by atoms with Crippen molar-refractivity contribution in [2.24, 2.45) is 0 Å². The van der Waals surface area contributed by atoms with Gasteiger partial charge in [-0.1, -0.05) is 17.3 Å². The first kappa shape index (κ1) is 20.0. The minimum Gasteiger partial charge on any atom is -0.491 e. The van der Waals surface area contributed by atoms with Crippen LogP contribution in [-0.4, -0.2) is 22.2 Å². The van der Waals surface area contributed by atoms with Crippen molar-refractivity contribution in [3.63, 3.8) is 0 Å². The van der Waals surface area contributed by atoms with Crippen molar-refractivity contribution < 1.29 is 14.1 Å². The molecule has 0 radical (unpaired) electrons. The van der Waals surface area contributed by atoms with Gasteiger partial charge in [0.15, 0.2) is 5.82 Å². The molecular weight excluding hydrogens is 368 g/mol. The number of hydrogen-bond acceptors (Lipinski definition) is 5. The zero-order valence-corrected chi connectivity index (χ0v) is 16.6. The number of anilines is 1. The molecule has 0 saturated carbocycles. The molecule has 0 aliphatic heterocycles. The Bertz CT molecular complexity index is 1090. The zero-order chi connectivity index (χ0) is 20.8. The highest BCUT2D eigenvalue weighted by Crippen LogP contribution is 2.19. The Morgan fingerprint density at radius 2 is 2.14 bits per heavy atom. The van der Waals surface area contributed by atoms with E-state index in [1.54, 1.807) is 19.1 Å². The van der Waals surface area contributed by atoms with Crippen molar-refractivity contribution in [2.45, 2.75) is 27.3 Å². The van der Waals surface area contributed by atoms with Crippen LogP contribution in [-0.2, 0) is 11.3 Å². The second-order valence-electron chi connectivity index (χ2n) is 6.69. The second-order valence-corrected chi connectivity index (χ2v) is 6.69. The molecule has 7 nitrogen and oxygen atoms in total. The van der Waals surface area contributed by atoms with Crippen molar-refractivity contribution in [2.75, 3.05) is 11.9 Å². The van der Waals surface area contributed by atoms with E-state index >= 15 is 0 Å². The number of carbonyl (C=O) groups excluding carboxylic acids is 1. The molecule has 29 heavy (non-hydrogen) atoms. The van der Waals surface area contributed by atoms with Crippen LogP contribution in [0, 0.1) is 32.1 Å². The average molecular weight is 390 g/mol. The largest absolute Gasteiger partial charge is 0.491 e. The number of aromatic nitrogens is 2. The molecule has 0 aliphatic carbocycles. The topological polar surface area (TPSA) is 93.1 Å². The highest BCUT2D eigenvalue weighted by atomic mass is 16.5. The van der Waals surface area contributed by atoms with E-state index < -0.39 is 5.91 Å². The van der Waals surface area contributed by atoms with Crippen molar-refractivity contribution in [3.8, 4) is 11.8 Å². The third-order valence-electron chi connectivity index (χ3n) is 4.32. The van der Waals surface area contributed by atoms with Gasteiger partial charge in [-0.25, -0.2) is 0 Å². The van der Waals surface area contributed by atoms with E-state index in [4.69, 9.17) is 9.26 Å². The van der Waals surface area contributed by atoms with Gasteiger partial charge < -0.3 is 19.1 Å². The van der Waals surface area contributed by atoms with E-state index in [0.29, 0.717) is 18.9 Å². The Hall–Kier alpha value is -3.79. The van der Waals surface area contributed by atoms with Crippen LogP contribution in [0.3, 0.4) is 0 Å². The molecular formula is C22H22N4O3. The van der Waals surface area contributed by atoms with E-state index in [9.17, 15) is 10.1 Å². The molecule has 1 N–H and O–H groups in total. The summed E-state index contributed by atoms with van der Waals surface area (Å²) in [4.78, 5) is 12.3. The summed E-state index contributed by atoms with van der Waals surface area (Å²) in [5.41, 5.74) is 2.93. The van der Waals surface area contributed by atoms with Gasteiger partial charge in [0, 0.05) is 18.0 Å². The SMILES string of the molecule is Cc1ccc(C)c(OCCn2cccc2/C=C(/C#N)C(=O)Nc2cc(C)on2)c1. The molecule has 1 aromatic carbocycles. The number of benzene rings is 1. The fourth-order valence-electron chi connectivity index (χ4n) is 2.78. The number of rotatable bonds is 7. The summed E-state index contributed by atoms with van der Waals surface area (Å²) in [5.74, 6) is 1.15. The van der Waals surface area contributed by atoms with Gasteiger partial charge in [0.1, 0.15) is 29.8 Å². The molecule has 3 rings (SSSR count). The van der Waals surface area contributed by atoms with Crippen LogP contribution in [0.4, 0.5) is 5.82 Å². The van der Waals surface area contributed by atoms with Gasteiger partial charge in [-0.05, 0) is 56.2 Å². The summed E-state index contributed by atoms with van der Waals surface area (Å²) in [6, 6.07) is 13.3. The smallest absolute Gasteiger partial charge is 0.267 e. The molecule has 0 fully saturated rings. The number of carbonyl (C=O) groups is 1. The summed E-state index contributed by atoms with van der Waals surface area (Å²) in [7, 11) is 0. The lowest BCUT2D eigenvalue weighted by Gasteiger charge is -2.12. The maximum absolute atomic E-state index is 12.3. The lowest BCUT2D eigenvalue weighted by molar-refractivity contribution is -0.112. The third-order valence-corrected chi connectivity index (χ3v) is 4.32. The highest BCUT2D eigenvalue weighted by molar-refractivity contribution is 6.09. The molecule has 3 aromatic rings. The van der Waals surface area contributed by atoms with Crippen LogP contribution in [0.15, 0.2) is 52.7 Å². The first-order valence-electron chi connectivity index (χ1n) is 9.18. The number of nitrogens with one attached hydrogen (secondary N) is 1. The summed E-state index contributed by atoms with van der Waals surface area (Å²) < 4.78 is 12.7. The Balaban J connectivity index is 1.67. The van der Waals surface area contributed by atoms with Crippen LogP contribution in [0.1, 0.15) is 22.6 Å². The van der Waals surface area contributed by atoms with Crippen LogP contribution < -0.4 is 10.1 Å². The Morgan fingerprint density at radius 3 is 2.86 bits per heavy atom. The normalized spacial score (nSPS) is 11.2. The standard InChI is InChI=1S/C22H22N4O3/c1-15-6-7-16(2)20(11-15)28-10-9-26-8-4-5-19(26)13-18(14-23)22(27)24-21-12-17(3)29-25-21/h4-8,11-13H,9-10H2,1-3H3,(H,24,25,27)/b18-13-. The molecule has 0 saturated heterocycles. The summed E-state index contributed by atoms with van der Waals surface area (Å²) in [5, 5.41) is 15.7. The summed E-state index contributed by atoms with van der Waals surface area (Å²) >= 11 is 0. The number of nitrogens with zero attached hydrogens (tertiary/aromatic N) is 3. The van der Waals surface area contributed by atoms with Gasteiger partial charge in [0.2, 0.25) is 0 Å². The number of aryl methyl sites for hydroxylation is 3.